The number of alkyl halides is 3. The Kier molecular flexibility index (Phi) is 9.04. The molecule has 3 rings (SSSR count). The molecule has 0 bridgehead atoms. The Morgan fingerprint density at radius 2 is 1.70 bits per heavy atom. The molecule has 0 saturated heterocycles. The van der Waals surface area contributed by atoms with Crippen LogP contribution in [0.3, 0.4) is 0 Å². The Morgan fingerprint density at radius 3 is 2.38 bits per heavy atom. The second-order valence-corrected chi connectivity index (χ2v) is 7.46. The van der Waals surface area contributed by atoms with E-state index < -0.39 is 30.2 Å². The van der Waals surface area contributed by atoms with Gasteiger partial charge < -0.3 is 14.2 Å². The molecule has 37 heavy (non-hydrogen) atoms. The third-order valence-corrected chi connectivity index (χ3v) is 4.95. The first-order valence-electron chi connectivity index (χ1n) is 10.9. The number of carbonyl (C=O) groups excluding carboxylic acids is 2. The number of nitrogens with zero attached hydrogens (tertiary/aromatic N) is 2. The molecule has 0 spiro atoms. The fourth-order valence-corrected chi connectivity index (χ4v) is 3.12. The Balaban J connectivity index is 1.77. The summed E-state index contributed by atoms with van der Waals surface area (Å²) >= 11 is 0. The summed E-state index contributed by atoms with van der Waals surface area (Å²) in [6, 6.07) is 17.8. The number of hydrazone groups is 1. The van der Waals surface area contributed by atoms with E-state index in [1.54, 1.807) is 48.5 Å². The zero-order valence-electron chi connectivity index (χ0n) is 19.9. The van der Waals surface area contributed by atoms with Gasteiger partial charge in [0.1, 0.15) is 11.5 Å². The zero-order chi connectivity index (χ0) is 26.8. The highest BCUT2D eigenvalue weighted by Crippen LogP contribution is 2.32. The molecule has 0 radical (unpaired) electrons. The van der Waals surface area contributed by atoms with Crippen LogP contribution in [0.2, 0.25) is 0 Å². The van der Waals surface area contributed by atoms with Crippen molar-refractivity contribution in [3.05, 3.63) is 95.6 Å². The lowest BCUT2D eigenvalue weighted by Gasteiger charge is -2.18. The highest BCUT2D eigenvalue weighted by Gasteiger charge is 2.31. The molecule has 0 aromatic heterocycles. The number of benzene rings is 3. The van der Waals surface area contributed by atoms with E-state index in [4.69, 9.17) is 14.2 Å². The van der Waals surface area contributed by atoms with Gasteiger partial charge in [-0.05, 0) is 48.0 Å². The van der Waals surface area contributed by atoms with Gasteiger partial charge in [0, 0.05) is 11.6 Å². The molecule has 0 atom stereocenters. The lowest BCUT2D eigenvalue weighted by atomic mass is 10.1. The summed E-state index contributed by atoms with van der Waals surface area (Å²) in [5, 5.41) is 4.81. The number of hydrogen-bond acceptors (Lipinski definition) is 6. The van der Waals surface area contributed by atoms with Gasteiger partial charge in [-0.15, -0.1) is 0 Å². The molecule has 7 nitrogen and oxygen atoms in total. The van der Waals surface area contributed by atoms with Crippen LogP contribution in [0.5, 0.6) is 11.5 Å². The Bertz CT molecular complexity index is 1290. The zero-order valence-corrected chi connectivity index (χ0v) is 19.9. The number of hydrogen-bond donors (Lipinski definition) is 0. The van der Waals surface area contributed by atoms with Crippen LogP contribution in [-0.4, -0.2) is 38.9 Å². The highest BCUT2D eigenvalue weighted by molar-refractivity contribution is 5.97. The number of ether oxygens (including phenoxy) is 3. The van der Waals surface area contributed by atoms with Crippen LogP contribution in [0.4, 0.5) is 18.9 Å². The number of anilines is 1. The molecular weight excluding hydrogens is 489 g/mol. The van der Waals surface area contributed by atoms with E-state index in [2.05, 4.69) is 5.10 Å². The maximum absolute atomic E-state index is 13.2. The molecule has 3 aromatic carbocycles. The van der Waals surface area contributed by atoms with Crippen molar-refractivity contribution in [1.29, 1.82) is 0 Å². The van der Waals surface area contributed by atoms with Crippen molar-refractivity contribution >= 4 is 29.9 Å². The van der Waals surface area contributed by atoms with Crippen molar-refractivity contribution in [3.8, 4) is 11.5 Å². The standard InChI is InChI=1S/C27H23F3N2O5/c1-35-23-12-13-24(36-2)20(15-23)11-14-26(34)37-18-25(33)32(31-17-19-7-4-3-5-8-19)22-10-6-9-21(16-22)27(28,29)30/h3-17H,18H2,1-2H3/b14-11+,31-17-. The maximum Gasteiger partial charge on any atom is 0.416 e. The number of amides is 1. The first kappa shape index (κ1) is 27.0. The first-order valence-corrected chi connectivity index (χ1v) is 10.9. The second-order valence-electron chi connectivity index (χ2n) is 7.46. The van der Waals surface area contributed by atoms with Crippen LogP contribution in [0.25, 0.3) is 6.08 Å². The van der Waals surface area contributed by atoms with Crippen LogP contribution in [0, 0.1) is 0 Å². The van der Waals surface area contributed by atoms with Gasteiger partial charge in [0.15, 0.2) is 6.61 Å². The average Bonchev–Trinajstić information content (AvgIpc) is 2.91. The summed E-state index contributed by atoms with van der Waals surface area (Å²) in [6.07, 6.45) is -0.792. The summed E-state index contributed by atoms with van der Waals surface area (Å²) in [4.78, 5) is 25.1. The van der Waals surface area contributed by atoms with Gasteiger partial charge in [-0.1, -0.05) is 36.4 Å². The number of esters is 1. The minimum atomic E-state index is -4.62. The van der Waals surface area contributed by atoms with Crippen molar-refractivity contribution in [1.82, 2.24) is 0 Å². The average molecular weight is 512 g/mol. The predicted molar refractivity (Wildman–Crippen MR) is 133 cm³/mol. The molecule has 0 fully saturated rings. The van der Waals surface area contributed by atoms with Gasteiger partial charge in [0.05, 0.1) is 31.7 Å². The van der Waals surface area contributed by atoms with Gasteiger partial charge in [0.2, 0.25) is 0 Å². The van der Waals surface area contributed by atoms with E-state index in [0.717, 1.165) is 29.3 Å². The summed E-state index contributed by atoms with van der Waals surface area (Å²) in [5.74, 6) is -0.689. The molecule has 0 unspecified atom stereocenters. The van der Waals surface area contributed by atoms with Gasteiger partial charge in [0.25, 0.3) is 5.91 Å². The summed E-state index contributed by atoms with van der Waals surface area (Å²) in [5.41, 5.74) is 0.0483. The monoisotopic (exact) mass is 512 g/mol. The maximum atomic E-state index is 13.2. The largest absolute Gasteiger partial charge is 0.497 e. The Hall–Kier alpha value is -4.60. The second kappa shape index (κ2) is 12.4. The van der Waals surface area contributed by atoms with Crippen LogP contribution >= 0.6 is 0 Å². The fraction of sp³-hybridized carbons (Fsp3) is 0.148. The molecule has 0 aliphatic carbocycles. The number of halogens is 3. The molecule has 0 saturated carbocycles. The predicted octanol–water partition coefficient (Wildman–Crippen LogP) is 5.35. The minimum Gasteiger partial charge on any atom is -0.497 e. The Morgan fingerprint density at radius 1 is 0.946 bits per heavy atom. The minimum absolute atomic E-state index is 0.139. The van der Waals surface area contributed by atoms with Crippen molar-refractivity contribution < 1.29 is 37.0 Å². The van der Waals surface area contributed by atoms with Crippen LogP contribution in [0.15, 0.2) is 84.0 Å². The third kappa shape index (κ3) is 7.69. The first-order chi connectivity index (χ1) is 17.7. The van der Waals surface area contributed by atoms with Crippen molar-refractivity contribution in [2.75, 3.05) is 25.8 Å². The summed E-state index contributed by atoms with van der Waals surface area (Å²) < 4.78 is 55.1. The smallest absolute Gasteiger partial charge is 0.416 e. The van der Waals surface area contributed by atoms with Crippen molar-refractivity contribution in [2.24, 2.45) is 5.10 Å². The lowest BCUT2D eigenvalue weighted by molar-refractivity contribution is -0.142. The molecule has 192 valence electrons. The van der Waals surface area contributed by atoms with Gasteiger partial charge in [-0.25, -0.2) is 4.79 Å². The van der Waals surface area contributed by atoms with Gasteiger partial charge in [-0.2, -0.15) is 23.3 Å². The lowest BCUT2D eigenvalue weighted by Crippen LogP contribution is -2.30. The molecule has 3 aromatic rings. The van der Waals surface area contributed by atoms with Crippen molar-refractivity contribution in [3.63, 3.8) is 0 Å². The molecule has 10 heteroatoms. The normalized spacial score (nSPS) is 11.5. The van der Waals surface area contributed by atoms with E-state index in [0.29, 0.717) is 22.6 Å². The molecule has 0 aliphatic heterocycles. The molecule has 0 heterocycles. The quantitative estimate of drug-likeness (QED) is 0.167. The van der Waals surface area contributed by atoms with Crippen LogP contribution in [0.1, 0.15) is 16.7 Å². The van der Waals surface area contributed by atoms with Crippen LogP contribution in [-0.2, 0) is 20.5 Å². The van der Waals surface area contributed by atoms with E-state index >= 15 is 0 Å². The van der Waals surface area contributed by atoms with E-state index in [1.807, 2.05) is 0 Å². The van der Waals surface area contributed by atoms with Crippen molar-refractivity contribution in [2.45, 2.75) is 6.18 Å². The number of carbonyl (C=O) groups is 2. The molecule has 1 amide bonds. The highest BCUT2D eigenvalue weighted by atomic mass is 19.4. The van der Waals surface area contributed by atoms with Gasteiger partial charge in [-0.3, -0.25) is 4.79 Å². The fourth-order valence-electron chi connectivity index (χ4n) is 3.12. The van der Waals surface area contributed by atoms with E-state index in [-0.39, 0.29) is 5.69 Å². The molecule has 0 N–H and O–H groups in total. The third-order valence-electron chi connectivity index (χ3n) is 4.95. The van der Waals surface area contributed by atoms with E-state index in [9.17, 15) is 22.8 Å². The number of rotatable bonds is 9. The Labute approximate surface area is 211 Å². The van der Waals surface area contributed by atoms with E-state index in [1.165, 1.54) is 32.6 Å². The van der Waals surface area contributed by atoms with Crippen LogP contribution < -0.4 is 14.5 Å². The summed E-state index contributed by atoms with van der Waals surface area (Å²) in [7, 11) is 2.96. The summed E-state index contributed by atoms with van der Waals surface area (Å²) in [6.45, 7) is -0.763. The SMILES string of the molecule is COc1ccc(OC)c(/C=C/C(=O)OCC(=O)N(/N=C\c2ccccc2)c2cccc(C(F)(F)F)c2)c1. The number of methoxy groups -OCH3 is 2. The topological polar surface area (TPSA) is 77.4 Å². The molecular formula is C27H23F3N2O5. The van der Waals surface area contributed by atoms with Gasteiger partial charge >= 0.3 is 12.1 Å². The molecule has 0 aliphatic rings.